The highest BCUT2D eigenvalue weighted by Gasteiger charge is 2.26. The maximum Gasteiger partial charge on any atom is 0.255 e. The van der Waals surface area contributed by atoms with Crippen LogP contribution in [0.15, 0.2) is 51.8 Å². The van der Waals surface area contributed by atoms with Crippen molar-refractivity contribution in [3.05, 3.63) is 58.1 Å². The SMILES string of the molecule is Cc1cc(NC(=O)c2ccc(S(=O)(=O)N3CCOCC3)cc2)ccc1Br. The number of sulfonamides is 1. The van der Waals surface area contributed by atoms with E-state index in [-0.39, 0.29) is 10.8 Å². The van der Waals surface area contributed by atoms with Crippen LogP contribution in [0, 0.1) is 6.92 Å². The fraction of sp³-hybridized carbons (Fsp3) is 0.278. The van der Waals surface area contributed by atoms with Gasteiger partial charge in [0.15, 0.2) is 0 Å². The molecule has 26 heavy (non-hydrogen) atoms. The Morgan fingerprint density at radius 1 is 1.12 bits per heavy atom. The molecule has 1 saturated heterocycles. The Morgan fingerprint density at radius 3 is 2.38 bits per heavy atom. The minimum absolute atomic E-state index is 0.176. The van der Waals surface area contributed by atoms with Crippen molar-refractivity contribution in [3.8, 4) is 0 Å². The van der Waals surface area contributed by atoms with Gasteiger partial charge in [0.25, 0.3) is 5.91 Å². The Morgan fingerprint density at radius 2 is 1.77 bits per heavy atom. The molecule has 3 rings (SSSR count). The predicted octanol–water partition coefficient (Wildman–Crippen LogP) is 3.03. The minimum Gasteiger partial charge on any atom is -0.379 e. The van der Waals surface area contributed by atoms with Gasteiger partial charge in [-0.15, -0.1) is 0 Å². The molecule has 0 atom stereocenters. The molecule has 1 fully saturated rings. The first-order valence-corrected chi connectivity index (χ1v) is 10.4. The molecule has 0 spiro atoms. The van der Waals surface area contributed by atoms with Gasteiger partial charge < -0.3 is 10.1 Å². The van der Waals surface area contributed by atoms with E-state index in [0.29, 0.717) is 37.6 Å². The van der Waals surface area contributed by atoms with Gasteiger partial charge in [-0.1, -0.05) is 15.9 Å². The molecule has 0 aromatic heterocycles. The van der Waals surface area contributed by atoms with Crippen LogP contribution in [-0.4, -0.2) is 44.9 Å². The number of amides is 1. The van der Waals surface area contributed by atoms with Gasteiger partial charge >= 0.3 is 0 Å². The van der Waals surface area contributed by atoms with Crippen molar-refractivity contribution in [1.29, 1.82) is 0 Å². The third kappa shape index (κ3) is 4.15. The number of morpholine rings is 1. The molecule has 1 aliphatic heterocycles. The summed E-state index contributed by atoms with van der Waals surface area (Å²) in [6.07, 6.45) is 0. The lowest BCUT2D eigenvalue weighted by molar-refractivity contribution is 0.0730. The van der Waals surface area contributed by atoms with Gasteiger partial charge in [0.1, 0.15) is 0 Å². The largest absolute Gasteiger partial charge is 0.379 e. The van der Waals surface area contributed by atoms with E-state index in [4.69, 9.17) is 4.74 Å². The minimum atomic E-state index is -3.56. The number of nitrogens with zero attached hydrogens (tertiary/aromatic N) is 1. The van der Waals surface area contributed by atoms with Crippen molar-refractivity contribution in [1.82, 2.24) is 4.31 Å². The van der Waals surface area contributed by atoms with Crippen LogP contribution in [0.4, 0.5) is 5.69 Å². The molecular formula is C18H19BrN2O4S. The molecule has 1 heterocycles. The zero-order valence-corrected chi connectivity index (χ0v) is 16.6. The lowest BCUT2D eigenvalue weighted by Gasteiger charge is -2.26. The van der Waals surface area contributed by atoms with Crippen LogP contribution < -0.4 is 5.32 Å². The molecule has 138 valence electrons. The maximum atomic E-state index is 12.6. The standard InChI is InChI=1S/C18H19BrN2O4S/c1-13-12-15(4-7-17(13)19)20-18(22)14-2-5-16(6-3-14)26(23,24)21-8-10-25-11-9-21/h2-7,12H,8-11H2,1H3,(H,20,22). The van der Waals surface area contributed by atoms with Crippen LogP contribution in [0.5, 0.6) is 0 Å². The quantitative estimate of drug-likeness (QED) is 0.795. The molecule has 0 saturated carbocycles. The summed E-state index contributed by atoms with van der Waals surface area (Å²) < 4.78 is 32.7. The number of hydrogen-bond acceptors (Lipinski definition) is 4. The second-order valence-corrected chi connectivity index (χ2v) is 8.75. The molecule has 0 radical (unpaired) electrons. The lowest BCUT2D eigenvalue weighted by Crippen LogP contribution is -2.40. The first kappa shape index (κ1) is 19.0. The van der Waals surface area contributed by atoms with E-state index < -0.39 is 10.0 Å². The summed E-state index contributed by atoms with van der Waals surface area (Å²) in [7, 11) is -3.56. The number of halogens is 1. The number of carbonyl (C=O) groups excluding carboxylic acids is 1. The first-order chi connectivity index (χ1) is 12.4. The second kappa shape index (κ2) is 7.87. The second-order valence-electron chi connectivity index (χ2n) is 5.96. The van der Waals surface area contributed by atoms with Crippen LogP contribution in [0.25, 0.3) is 0 Å². The Labute approximate surface area is 161 Å². The number of ether oxygens (including phenoxy) is 1. The normalized spacial score (nSPS) is 15.6. The number of rotatable bonds is 4. The summed E-state index contributed by atoms with van der Waals surface area (Å²) in [6, 6.07) is 11.5. The molecule has 0 unspecified atom stereocenters. The fourth-order valence-corrected chi connectivity index (χ4v) is 4.29. The van der Waals surface area contributed by atoms with Gasteiger partial charge in [0.05, 0.1) is 18.1 Å². The van der Waals surface area contributed by atoms with E-state index in [1.165, 1.54) is 28.6 Å². The topological polar surface area (TPSA) is 75.7 Å². The third-order valence-corrected chi connectivity index (χ3v) is 6.94. The van der Waals surface area contributed by atoms with Crippen molar-refractivity contribution in [2.24, 2.45) is 0 Å². The van der Waals surface area contributed by atoms with E-state index in [9.17, 15) is 13.2 Å². The molecule has 0 bridgehead atoms. The van der Waals surface area contributed by atoms with Gasteiger partial charge in [-0.3, -0.25) is 4.79 Å². The Bertz CT molecular complexity index is 907. The molecule has 8 heteroatoms. The van der Waals surface area contributed by atoms with Crippen molar-refractivity contribution in [2.75, 3.05) is 31.6 Å². The monoisotopic (exact) mass is 438 g/mol. The van der Waals surface area contributed by atoms with E-state index in [1.54, 1.807) is 6.07 Å². The summed E-state index contributed by atoms with van der Waals surface area (Å²) in [4.78, 5) is 12.6. The van der Waals surface area contributed by atoms with Crippen molar-refractivity contribution < 1.29 is 17.9 Å². The van der Waals surface area contributed by atoms with Crippen LogP contribution in [0.3, 0.4) is 0 Å². The molecule has 1 amide bonds. The molecule has 2 aromatic rings. The van der Waals surface area contributed by atoms with Crippen molar-refractivity contribution >= 4 is 37.5 Å². The molecule has 0 aliphatic carbocycles. The highest BCUT2D eigenvalue weighted by atomic mass is 79.9. The number of nitrogens with one attached hydrogen (secondary N) is 1. The van der Waals surface area contributed by atoms with Gasteiger partial charge in [-0.25, -0.2) is 8.42 Å². The van der Waals surface area contributed by atoms with Gasteiger partial charge in [0, 0.05) is 28.8 Å². The summed E-state index contributed by atoms with van der Waals surface area (Å²) in [5.41, 5.74) is 2.09. The molecule has 2 aromatic carbocycles. The molecular weight excluding hydrogens is 420 g/mol. The molecule has 1 N–H and O–H groups in total. The number of hydrogen-bond donors (Lipinski definition) is 1. The third-order valence-electron chi connectivity index (χ3n) is 4.14. The van der Waals surface area contributed by atoms with Gasteiger partial charge in [-0.2, -0.15) is 4.31 Å². The van der Waals surface area contributed by atoms with E-state index in [1.807, 2.05) is 19.1 Å². The fourth-order valence-electron chi connectivity index (χ4n) is 2.64. The summed E-state index contributed by atoms with van der Waals surface area (Å²) in [5.74, 6) is -0.290. The van der Waals surface area contributed by atoms with E-state index in [2.05, 4.69) is 21.2 Å². The predicted molar refractivity (Wildman–Crippen MR) is 103 cm³/mol. The highest BCUT2D eigenvalue weighted by molar-refractivity contribution is 9.10. The zero-order valence-electron chi connectivity index (χ0n) is 14.2. The number of aryl methyl sites for hydroxylation is 1. The number of anilines is 1. The van der Waals surface area contributed by atoms with Crippen LogP contribution in [0.2, 0.25) is 0 Å². The maximum absolute atomic E-state index is 12.6. The average molecular weight is 439 g/mol. The number of benzene rings is 2. The first-order valence-electron chi connectivity index (χ1n) is 8.13. The average Bonchev–Trinajstić information content (AvgIpc) is 2.65. The van der Waals surface area contributed by atoms with Crippen molar-refractivity contribution in [3.63, 3.8) is 0 Å². The Balaban J connectivity index is 1.74. The molecule has 1 aliphatic rings. The van der Waals surface area contributed by atoms with Gasteiger partial charge in [0.2, 0.25) is 10.0 Å². The van der Waals surface area contributed by atoms with Gasteiger partial charge in [-0.05, 0) is 55.0 Å². The van der Waals surface area contributed by atoms with E-state index >= 15 is 0 Å². The van der Waals surface area contributed by atoms with Crippen molar-refractivity contribution in [2.45, 2.75) is 11.8 Å². The Hall–Kier alpha value is -1.74. The van der Waals surface area contributed by atoms with E-state index in [0.717, 1.165) is 10.0 Å². The van der Waals surface area contributed by atoms with Crippen LogP contribution in [0.1, 0.15) is 15.9 Å². The smallest absolute Gasteiger partial charge is 0.255 e. The molecule has 6 nitrogen and oxygen atoms in total. The summed E-state index contributed by atoms with van der Waals surface area (Å²) in [6.45, 7) is 3.41. The van der Waals surface area contributed by atoms with Crippen LogP contribution >= 0.6 is 15.9 Å². The lowest BCUT2D eigenvalue weighted by atomic mass is 10.2. The summed E-state index contributed by atoms with van der Waals surface area (Å²) >= 11 is 3.42. The Kier molecular flexibility index (Phi) is 5.76. The summed E-state index contributed by atoms with van der Waals surface area (Å²) in [5, 5.41) is 2.81. The number of carbonyl (C=O) groups is 1. The zero-order chi connectivity index (χ0) is 18.7. The van der Waals surface area contributed by atoms with Crippen LogP contribution in [-0.2, 0) is 14.8 Å². The highest BCUT2D eigenvalue weighted by Crippen LogP contribution is 2.21.